The first-order valence-electron chi connectivity index (χ1n) is 8.16. The van der Waals surface area contributed by atoms with Gasteiger partial charge in [0.25, 0.3) is 0 Å². The Labute approximate surface area is 148 Å². The second-order valence-electron chi connectivity index (χ2n) is 6.57. The molecule has 0 saturated carbocycles. The Kier molecular flexibility index (Phi) is 7.06. The van der Waals surface area contributed by atoms with Crippen LogP contribution in [0.25, 0.3) is 0 Å². The van der Waals surface area contributed by atoms with Gasteiger partial charge < -0.3 is 15.5 Å². The van der Waals surface area contributed by atoms with Gasteiger partial charge in [-0.3, -0.25) is 0 Å². The number of nitrogens with zero attached hydrogens (tertiary/aromatic N) is 1. The Hall–Kier alpha value is -0.910. The molecule has 0 radical (unpaired) electrons. The number of benzene rings is 1. The molecule has 0 bridgehead atoms. The molecule has 1 fully saturated rings. The van der Waals surface area contributed by atoms with Gasteiger partial charge >= 0.3 is 0 Å². The van der Waals surface area contributed by atoms with Crippen molar-refractivity contribution in [3.63, 3.8) is 0 Å². The van der Waals surface area contributed by atoms with Gasteiger partial charge in [-0.2, -0.15) is 0 Å². The van der Waals surface area contributed by atoms with E-state index >= 15 is 0 Å². The highest BCUT2D eigenvalue weighted by molar-refractivity contribution is 7.80. The highest BCUT2D eigenvalue weighted by Gasteiger charge is 2.20. The van der Waals surface area contributed by atoms with Gasteiger partial charge in [0, 0.05) is 25.3 Å². The van der Waals surface area contributed by atoms with Crippen LogP contribution in [0.4, 0.5) is 10.1 Å². The summed E-state index contributed by atoms with van der Waals surface area (Å²) in [6.07, 6.45) is 2.38. The molecule has 0 unspecified atom stereocenters. The summed E-state index contributed by atoms with van der Waals surface area (Å²) in [5.74, 6) is 1.15. The van der Waals surface area contributed by atoms with Gasteiger partial charge in [0.15, 0.2) is 5.11 Å². The van der Waals surface area contributed by atoms with Crippen molar-refractivity contribution < 1.29 is 4.39 Å². The van der Waals surface area contributed by atoms with Crippen LogP contribution < -0.4 is 10.6 Å². The smallest absolute Gasteiger partial charge is 0.170 e. The molecule has 2 N–H and O–H groups in total. The number of rotatable bonds is 5. The maximum Gasteiger partial charge on any atom is 0.170 e. The van der Waals surface area contributed by atoms with Crippen molar-refractivity contribution in [1.82, 2.24) is 10.2 Å². The number of anilines is 1. The Morgan fingerprint density at radius 3 is 2.70 bits per heavy atom. The van der Waals surface area contributed by atoms with Crippen LogP contribution in [0.1, 0.15) is 26.7 Å². The van der Waals surface area contributed by atoms with E-state index < -0.39 is 5.82 Å². The molecule has 1 aliphatic heterocycles. The largest absolute Gasteiger partial charge is 0.362 e. The van der Waals surface area contributed by atoms with E-state index in [0.29, 0.717) is 10.8 Å². The third-order valence-corrected chi connectivity index (χ3v) is 4.59. The Morgan fingerprint density at radius 1 is 1.35 bits per heavy atom. The fraction of sp³-hybridized carbons (Fsp3) is 0.588. The third-order valence-electron chi connectivity index (χ3n) is 4.06. The zero-order valence-electron chi connectivity index (χ0n) is 13.7. The van der Waals surface area contributed by atoms with Crippen LogP contribution in [0, 0.1) is 17.7 Å². The number of likely N-dealkylation sites (tertiary alicyclic amines) is 1. The summed E-state index contributed by atoms with van der Waals surface area (Å²) in [5.41, 5.74) is 0.688. The van der Waals surface area contributed by atoms with E-state index in [-0.39, 0.29) is 5.02 Å². The number of thiocarbonyl (C=S) groups is 1. The maximum atomic E-state index is 13.1. The first-order valence-corrected chi connectivity index (χ1v) is 8.95. The van der Waals surface area contributed by atoms with Gasteiger partial charge in [0.2, 0.25) is 0 Å². The van der Waals surface area contributed by atoms with Crippen LogP contribution >= 0.6 is 23.8 Å². The van der Waals surface area contributed by atoms with E-state index in [4.69, 9.17) is 23.8 Å². The molecule has 1 aromatic carbocycles. The summed E-state index contributed by atoms with van der Waals surface area (Å²) >= 11 is 11.0. The Balaban J connectivity index is 1.65. The molecular weight excluding hydrogens is 333 g/mol. The van der Waals surface area contributed by atoms with Crippen LogP contribution in [0.5, 0.6) is 0 Å². The number of halogens is 2. The molecule has 6 heteroatoms. The van der Waals surface area contributed by atoms with E-state index in [2.05, 4.69) is 29.4 Å². The van der Waals surface area contributed by atoms with Gasteiger partial charge in [-0.1, -0.05) is 25.4 Å². The summed E-state index contributed by atoms with van der Waals surface area (Å²) in [6.45, 7) is 8.95. The van der Waals surface area contributed by atoms with Crippen molar-refractivity contribution in [2.45, 2.75) is 26.7 Å². The SMILES string of the molecule is C[C@H]1C[C@H](C)CN(CCCNC(=S)Nc2ccc(F)c(Cl)c2)C1. The molecular formula is C17H25ClFN3S. The summed E-state index contributed by atoms with van der Waals surface area (Å²) in [4.78, 5) is 2.54. The van der Waals surface area contributed by atoms with Crippen molar-refractivity contribution in [2.75, 3.05) is 31.5 Å². The standard InChI is InChI=1S/C17H25ClFN3S/c1-12-8-13(2)11-22(10-12)7-3-6-20-17(23)21-14-4-5-16(19)15(18)9-14/h4-5,9,12-13H,3,6-8,10-11H2,1-2H3,(H2,20,21,23)/t12-,13-/m0/s1. The van der Waals surface area contributed by atoms with Crippen molar-refractivity contribution >= 4 is 34.6 Å². The van der Waals surface area contributed by atoms with Crippen molar-refractivity contribution in [3.8, 4) is 0 Å². The van der Waals surface area contributed by atoms with Gasteiger partial charge in [-0.15, -0.1) is 0 Å². The number of piperidine rings is 1. The topological polar surface area (TPSA) is 27.3 Å². The van der Waals surface area contributed by atoms with E-state index in [1.807, 2.05) is 0 Å². The van der Waals surface area contributed by atoms with Gasteiger partial charge in [0.1, 0.15) is 5.82 Å². The highest BCUT2D eigenvalue weighted by atomic mass is 35.5. The minimum atomic E-state index is -0.430. The van der Waals surface area contributed by atoms with Crippen molar-refractivity contribution in [1.29, 1.82) is 0 Å². The van der Waals surface area contributed by atoms with Gasteiger partial charge in [0.05, 0.1) is 5.02 Å². The Morgan fingerprint density at radius 2 is 2.04 bits per heavy atom. The molecule has 23 heavy (non-hydrogen) atoms. The van der Waals surface area contributed by atoms with Crippen LogP contribution in [-0.4, -0.2) is 36.2 Å². The molecule has 2 rings (SSSR count). The monoisotopic (exact) mass is 357 g/mol. The molecule has 1 heterocycles. The molecule has 1 saturated heterocycles. The maximum absolute atomic E-state index is 13.1. The molecule has 0 spiro atoms. The average Bonchev–Trinajstić information content (AvgIpc) is 2.46. The lowest BCUT2D eigenvalue weighted by molar-refractivity contribution is 0.140. The van der Waals surface area contributed by atoms with Crippen LogP contribution in [0.15, 0.2) is 18.2 Å². The molecule has 0 aromatic heterocycles. The molecule has 1 aliphatic rings. The number of nitrogens with one attached hydrogen (secondary N) is 2. The predicted molar refractivity (Wildman–Crippen MR) is 99.6 cm³/mol. The fourth-order valence-electron chi connectivity index (χ4n) is 3.23. The predicted octanol–water partition coefficient (Wildman–Crippen LogP) is 4.13. The Bertz CT molecular complexity index is 531. The molecule has 0 aliphatic carbocycles. The van der Waals surface area contributed by atoms with E-state index in [1.165, 1.54) is 31.6 Å². The zero-order valence-corrected chi connectivity index (χ0v) is 15.3. The van der Waals surface area contributed by atoms with E-state index in [0.717, 1.165) is 31.3 Å². The zero-order chi connectivity index (χ0) is 16.8. The number of hydrogen-bond donors (Lipinski definition) is 2. The summed E-state index contributed by atoms with van der Waals surface area (Å²) < 4.78 is 13.1. The number of hydrogen-bond acceptors (Lipinski definition) is 2. The third kappa shape index (κ3) is 6.24. The molecule has 128 valence electrons. The average molecular weight is 358 g/mol. The van der Waals surface area contributed by atoms with E-state index in [9.17, 15) is 4.39 Å². The first-order chi connectivity index (χ1) is 10.9. The summed E-state index contributed by atoms with van der Waals surface area (Å²) in [5, 5.41) is 6.83. The summed E-state index contributed by atoms with van der Waals surface area (Å²) in [6, 6.07) is 4.47. The normalized spacial score (nSPS) is 21.9. The molecule has 3 nitrogen and oxygen atoms in total. The molecule has 0 amide bonds. The first kappa shape index (κ1) is 18.4. The highest BCUT2D eigenvalue weighted by Crippen LogP contribution is 2.21. The van der Waals surface area contributed by atoms with Gasteiger partial charge in [-0.05, 0) is 61.6 Å². The van der Waals surface area contributed by atoms with Crippen molar-refractivity contribution in [3.05, 3.63) is 29.0 Å². The van der Waals surface area contributed by atoms with Crippen LogP contribution in [0.2, 0.25) is 5.02 Å². The second-order valence-corrected chi connectivity index (χ2v) is 7.38. The van der Waals surface area contributed by atoms with Crippen molar-refractivity contribution in [2.24, 2.45) is 11.8 Å². The second kappa shape index (κ2) is 8.81. The lowest BCUT2D eigenvalue weighted by Crippen LogP contribution is -2.40. The van der Waals surface area contributed by atoms with Crippen LogP contribution in [-0.2, 0) is 0 Å². The minimum Gasteiger partial charge on any atom is -0.362 e. The van der Waals surface area contributed by atoms with Gasteiger partial charge in [-0.25, -0.2) is 4.39 Å². The fourth-order valence-corrected chi connectivity index (χ4v) is 3.63. The summed E-state index contributed by atoms with van der Waals surface area (Å²) in [7, 11) is 0. The minimum absolute atomic E-state index is 0.0890. The lowest BCUT2D eigenvalue weighted by atomic mass is 9.92. The molecule has 2 atom stereocenters. The van der Waals surface area contributed by atoms with E-state index in [1.54, 1.807) is 6.07 Å². The van der Waals surface area contributed by atoms with Crippen LogP contribution in [0.3, 0.4) is 0 Å². The quantitative estimate of drug-likeness (QED) is 0.612. The molecule has 1 aromatic rings. The lowest BCUT2D eigenvalue weighted by Gasteiger charge is -2.34.